The average Bonchev–Trinajstić information content (AvgIpc) is 3.28. The number of allylic oxidation sites excluding steroid dienone is 2. The predicted molar refractivity (Wildman–Crippen MR) is 163 cm³/mol. The summed E-state index contributed by atoms with van der Waals surface area (Å²) in [4.78, 5) is 8.16. The van der Waals surface area contributed by atoms with Crippen molar-refractivity contribution >= 4 is 62.9 Å². The van der Waals surface area contributed by atoms with Crippen molar-refractivity contribution in [3.8, 4) is 5.75 Å². The van der Waals surface area contributed by atoms with Gasteiger partial charge in [-0.05, 0) is 78.7 Å². The van der Waals surface area contributed by atoms with Crippen LogP contribution < -0.4 is 10.1 Å². The first kappa shape index (κ1) is 25.1. The summed E-state index contributed by atoms with van der Waals surface area (Å²) in [6.07, 6.45) is 8.07. The number of methoxy groups -OCH3 is 1. The summed E-state index contributed by atoms with van der Waals surface area (Å²) in [5.74, 6) is 0.809. The lowest BCUT2D eigenvalue weighted by molar-refractivity contribution is 0.415. The van der Waals surface area contributed by atoms with E-state index in [1.807, 2.05) is 79.7 Å². The normalized spacial score (nSPS) is 11.6. The fourth-order valence-electron chi connectivity index (χ4n) is 4.34. The first-order chi connectivity index (χ1) is 18.4. The molecule has 2 aromatic heterocycles. The van der Waals surface area contributed by atoms with E-state index in [2.05, 4.69) is 47.7 Å². The van der Waals surface area contributed by atoms with Crippen LogP contribution in [0.15, 0.2) is 97.7 Å². The van der Waals surface area contributed by atoms with E-state index in [0.29, 0.717) is 5.02 Å². The summed E-state index contributed by atoms with van der Waals surface area (Å²) in [5.41, 5.74) is 8.55. The van der Waals surface area contributed by atoms with Crippen molar-refractivity contribution in [2.75, 3.05) is 12.4 Å². The Morgan fingerprint density at radius 1 is 0.974 bits per heavy atom. The lowest BCUT2D eigenvalue weighted by atomic mass is 10.1. The number of H-pyrrole nitrogens is 1. The van der Waals surface area contributed by atoms with Gasteiger partial charge >= 0.3 is 0 Å². The van der Waals surface area contributed by atoms with Crippen LogP contribution in [0.5, 0.6) is 5.75 Å². The molecule has 0 aliphatic rings. The van der Waals surface area contributed by atoms with Crippen LogP contribution in [0.2, 0.25) is 5.02 Å². The number of nitrogens with zero attached hydrogens (tertiary/aromatic N) is 1. The van der Waals surface area contributed by atoms with Crippen LogP contribution in [-0.4, -0.2) is 17.1 Å². The number of ether oxygens (including phenoxy) is 1. The highest BCUT2D eigenvalue weighted by atomic mass is 35.5. The Morgan fingerprint density at radius 3 is 2.63 bits per heavy atom. The third kappa shape index (κ3) is 5.56. The van der Waals surface area contributed by atoms with E-state index in [4.69, 9.17) is 21.3 Å². The first-order valence-electron chi connectivity index (χ1n) is 12.2. The van der Waals surface area contributed by atoms with Crippen molar-refractivity contribution in [1.29, 1.82) is 0 Å². The number of benzene rings is 3. The molecular formula is C33H28ClN3O. The second kappa shape index (κ2) is 10.8. The Kier molecular flexibility index (Phi) is 7.16. The molecule has 5 rings (SSSR count). The predicted octanol–water partition coefficient (Wildman–Crippen LogP) is 9.22. The number of fused-ring (bicyclic) bond motifs is 2. The van der Waals surface area contributed by atoms with Crippen LogP contribution >= 0.6 is 11.6 Å². The number of pyridine rings is 1. The minimum Gasteiger partial charge on any atom is -0.497 e. The molecule has 0 saturated carbocycles. The molecule has 0 aliphatic heterocycles. The number of hydrogen-bond donors (Lipinski definition) is 2. The van der Waals surface area contributed by atoms with Gasteiger partial charge in [0.15, 0.2) is 0 Å². The fraction of sp³-hybridized carbons (Fsp3) is 0.0606. The molecule has 4 nitrogen and oxygen atoms in total. The molecule has 5 heteroatoms. The van der Waals surface area contributed by atoms with Gasteiger partial charge in [0.2, 0.25) is 0 Å². The van der Waals surface area contributed by atoms with E-state index in [-0.39, 0.29) is 0 Å². The second-order valence-corrected chi connectivity index (χ2v) is 9.56. The first-order valence-corrected chi connectivity index (χ1v) is 12.6. The van der Waals surface area contributed by atoms with E-state index >= 15 is 0 Å². The summed E-state index contributed by atoms with van der Waals surface area (Å²) < 4.78 is 5.43. The van der Waals surface area contributed by atoms with Crippen molar-refractivity contribution in [1.82, 2.24) is 9.97 Å². The highest BCUT2D eigenvalue weighted by molar-refractivity contribution is 6.31. The van der Waals surface area contributed by atoms with Crippen molar-refractivity contribution in [2.45, 2.75) is 6.92 Å². The Bertz CT molecular complexity index is 1740. The summed E-state index contributed by atoms with van der Waals surface area (Å²) in [6.45, 7) is 10.3. The molecule has 0 saturated heterocycles. The largest absolute Gasteiger partial charge is 0.497 e. The van der Waals surface area contributed by atoms with Gasteiger partial charge < -0.3 is 15.0 Å². The van der Waals surface area contributed by atoms with Crippen LogP contribution in [0, 0.1) is 0 Å². The Hall–Kier alpha value is -4.54. The smallest absolute Gasteiger partial charge is 0.119 e. The molecule has 5 aromatic rings. The molecule has 2 heterocycles. The Labute approximate surface area is 227 Å². The van der Waals surface area contributed by atoms with E-state index in [1.54, 1.807) is 7.11 Å². The summed E-state index contributed by atoms with van der Waals surface area (Å²) in [5, 5.41) is 6.20. The molecule has 2 N–H and O–H groups in total. The van der Waals surface area contributed by atoms with Gasteiger partial charge in [-0.1, -0.05) is 61.2 Å². The van der Waals surface area contributed by atoms with Crippen LogP contribution in [0.1, 0.15) is 29.4 Å². The van der Waals surface area contributed by atoms with Crippen LogP contribution in [0.4, 0.5) is 5.69 Å². The molecule has 0 radical (unpaired) electrons. The maximum absolute atomic E-state index is 6.13. The summed E-state index contributed by atoms with van der Waals surface area (Å²) >= 11 is 6.13. The van der Waals surface area contributed by atoms with Gasteiger partial charge in [0.1, 0.15) is 5.75 Å². The van der Waals surface area contributed by atoms with Gasteiger partial charge in [0.05, 0.1) is 18.3 Å². The molecule has 0 spiro atoms. The standard InChI is InChI=1S/C33H28ClN3O/c1-21(2)33-29(30-20-28(38-4)15-17-31(30)37-33)16-8-22(3)35-27-7-5-6-23(18-27)9-13-26-14-11-24-10-12-25(34)19-32(24)36-26/h5-20,35,37H,1,3H2,2,4H3/b13-9+,16-8+. The van der Waals surface area contributed by atoms with E-state index in [1.165, 1.54) is 0 Å². The van der Waals surface area contributed by atoms with Crippen LogP contribution in [-0.2, 0) is 0 Å². The topological polar surface area (TPSA) is 49.9 Å². The molecule has 0 amide bonds. The molecule has 0 unspecified atom stereocenters. The van der Waals surface area contributed by atoms with E-state index in [9.17, 15) is 0 Å². The molecular weight excluding hydrogens is 490 g/mol. The van der Waals surface area contributed by atoms with E-state index in [0.717, 1.165) is 67.0 Å². The fourth-order valence-corrected chi connectivity index (χ4v) is 4.51. The zero-order chi connectivity index (χ0) is 26.6. The maximum atomic E-state index is 6.13. The summed E-state index contributed by atoms with van der Waals surface area (Å²) in [7, 11) is 1.67. The number of anilines is 1. The van der Waals surface area contributed by atoms with Crippen molar-refractivity contribution in [2.24, 2.45) is 0 Å². The van der Waals surface area contributed by atoms with Crippen molar-refractivity contribution < 1.29 is 4.74 Å². The number of hydrogen-bond acceptors (Lipinski definition) is 3. The minimum absolute atomic E-state index is 0.680. The zero-order valence-corrected chi connectivity index (χ0v) is 22.1. The highest BCUT2D eigenvalue weighted by Crippen LogP contribution is 2.31. The molecule has 0 bridgehead atoms. The lowest BCUT2D eigenvalue weighted by Gasteiger charge is -2.07. The second-order valence-electron chi connectivity index (χ2n) is 9.12. The van der Waals surface area contributed by atoms with Gasteiger partial charge in [-0.15, -0.1) is 0 Å². The molecule has 3 aromatic carbocycles. The number of halogens is 1. The molecule has 0 aliphatic carbocycles. The van der Waals surface area contributed by atoms with Crippen molar-refractivity contribution in [3.05, 3.63) is 125 Å². The van der Waals surface area contributed by atoms with Crippen molar-refractivity contribution in [3.63, 3.8) is 0 Å². The molecule has 188 valence electrons. The molecule has 0 atom stereocenters. The Morgan fingerprint density at radius 2 is 1.82 bits per heavy atom. The third-order valence-corrected chi connectivity index (χ3v) is 6.47. The van der Waals surface area contributed by atoms with Gasteiger partial charge in [0.25, 0.3) is 0 Å². The number of aromatic amines is 1. The summed E-state index contributed by atoms with van der Waals surface area (Å²) in [6, 6.07) is 23.9. The maximum Gasteiger partial charge on any atom is 0.119 e. The SMILES string of the molecule is C=C(/C=C/c1c(C(=C)C)[nH]c2ccc(OC)cc12)Nc1cccc(/C=C/c2ccc3ccc(Cl)cc3n2)c1. The molecule has 38 heavy (non-hydrogen) atoms. The van der Waals surface area contributed by atoms with E-state index < -0.39 is 0 Å². The number of aromatic nitrogens is 2. The highest BCUT2D eigenvalue weighted by Gasteiger charge is 2.11. The zero-order valence-electron chi connectivity index (χ0n) is 21.4. The minimum atomic E-state index is 0.680. The lowest BCUT2D eigenvalue weighted by Crippen LogP contribution is -1.95. The van der Waals surface area contributed by atoms with Gasteiger partial charge in [-0.2, -0.15) is 0 Å². The average molecular weight is 518 g/mol. The number of rotatable bonds is 8. The number of nitrogens with one attached hydrogen (secondary N) is 2. The van der Waals surface area contributed by atoms with Crippen LogP contribution in [0.25, 0.3) is 45.6 Å². The van der Waals surface area contributed by atoms with Gasteiger partial charge in [0, 0.05) is 44.0 Å². The van der Waals surface area contributed by atoms with Crippen LogP contribution in [0.3, 0.4) is 0 Å². The monoisotopic (exact) mass is 517 g/mol. The third-order valence-electron chi connectivity index (χ3n) is 6.24. The Balaban J connectivity index is 1.33. The molecule has 0 fully saturated rings. The quantitative estimate of drug-likeness (QED) is 0.202. The van der Waals surface area contributed by atoms with Gasteiger partial charge in [-0.3, -0.25) is 0 Å². The van der Waals surface area contributed by atoms with Gasteiger partial charge in [-0.25, -0.2) is 4.98 Å².